The van der Waals surface area contributed by atoms with Gasteiger partial charge in [-0.15, -0.1) is 0 Å². The summed E-state index contributed by atoms with van der Waals surface area (Å²) in [6.07, 6.45) is 1.56. The molecule has 2 aromatic rings. The van der Waals surface area contributed by atoms with Crippen molar-refractivity contribution < 1.29 is 0 Å². The normalized spacial score (nSPS) is 12.6. The average molecular weight is 327 g/mol. The van der Waals surface area contributed by atoms with Gasteiger partial charge in [-0.05, 0) is 49.6 Å². The third-order valence-electron chi connectivity index (χ3n) is 3.51. The monoisotopic (exact) mass is 326 g/mol. The van der Waals surface area contributed by atoms with E-state index in [1.165, 1.54) is 0 Å². The number of hydrazine groups is 1. The Bertz CT molecular complexity index is 610. The number of nitrogens with zero attached hydrogens (tertiary/aromatic N) is 2. The van der Waals surface area contributed by atoms with Crippen molar-refractivity contribution in [1.29, 1.82) is 0 Å². The zero-order chi connectivity index (χ0) is 15.4. The number of hydrogen-bond donors (Lipinski definition) is 2. The Labute approximate surface area is 135 Å². The molecule has 1 atom stereocenters. The van der Waals surface area contributed by atoms with E-state index in [1.54, 1.807) is 12.1 Å². The quantitative estimate of drug-likeness (QED) is 0.630. The second-order valence-electron chi connectivity index (χ2n) is 4.89. The summed E-state index contributed by atoms with van der Waals surface area (Å²) in [5.74, 6) is 5.75. The van der Waals surface area contributed by atoms with Crippen molar-refractivity contribution in [3.8, 4) is 0 Å². The summed E-state index contributed by atoms with van der Waals surface area (Å²) in [4.78, 5) is 0. The second-order valence-corrected chi connectivity index (χ2v) is 5.73. The summed E-state index contributed by atoms with van der Waals surface area (Å²) in [7, 11) is 0. The van der Waals surface area contributed by atoms with Gasteiger partial charge in [0.1, 0.15) is 0 Å². The Balaban J connectivity index is 2.31. The fourth-order valence-corrected chi connectivity index (χ4v) is 2.75. The lowest BCUT2D eigenvalue weighted by Crippen LogP contribution is -2.31. The zero-order valence-corrected chi connectivity index (χ0v) is 13.7. The van der Waals surface area contributed by atoms with Crippen LogP contribution >= 0.6 is 23.2 Å². The van der Waals surface area contributed by atoms with Crippen LogP contribution in [0.15, 0.2) is 24.3 Å². The molecular weight excluding hydrogens is 307 g/mol. The van der Waals surface area contributed by atoms with E-state index in [0.717, 1.165) is 29.9 Å². The van der Waals surface area contributed by atoms with Crippen LogP contribution in [0.25, 0.3) is 0 Å². The highest BCUT2D eigenvalue weighted by atomic mass is 35.5. The lowest BCUT2D eigenvalue weighted by molar-refractivity contribution is 0.490. The number of aryl methyl sites for hydroxylation is 2. The minimum atomic E-state index is -0.0614. The van der Waals surface area contributed by atoms with Crippen LogP contribution in [0.3, 0.4) is 0 Å². The Hall–Kier alpha value is -1.07. The van der Waals surface area contributed by atoms with Gasteiger partial charge in [-0.25, -0.2) is 0 Å². The van der Waals surface area contributed by atoms with Crippen molar-refractivity contribution in [2.45, 2.75) is 39.3 Å². The van der Waals surface area contributed by atoms with Gasteiger partial charge in [0.05, 0.1) is 17.4 Å². The van der Waals surface area contributed by atoms with Gasteiger partial charge < -0.3 is 0 Å². The first-order chi connectivity index (χ1) is 10.1. The van der Waals surface area contributed by atoms with E-state index in [1.807, 2.05) is 10.7 Å². The first-order valence-electron chi connectivity index (χ1n) is 7.05. The molecule has 1 unspecified atom stereocenters. The van der Waals surface area contributed by atoms with Gasteiger partial charge in [0.15, 0.2) is 0 Å². The Morgan fingerprint density at radius 2 is 2.05 bits per heavy atom. The molecule has 3 N–H and O–H groups in total. The molecule has 0 aliphatic carbocycles. The number of halogens is 2. The molecule has 1 aromatic heterocycles. The van der Waals surface area contributed by atoms with Crippen molar-refractivity contribution in [3.63, 3.8) is 0 Å². The molecule has 0 aliphatic rings. The highest BCUT2D eigenvalue weighted by Gasteiger charge is 2.18. The van der Waals surface area contributed by atoms with Crippen LogP contribution in [0.5, 0.6) is 0 Å². The van der Waals surface area contributed by atoms with Crippen molar-refractivity contribution >= 4 is 23.2 Å². The number of benzene rings is 1. The van der Waals surface area contributed by atoms with E-state index in [4.69, 9.17) is 29.0 Å². The molecule has 0 radical (unpaired) electrons. The highest BCUT2D eigenvalue weighted by molar-refractivity contribution is 6.33. The second kappa shape index (κ2) is 7.27. The largest absolute Gasteiger partial charge is 0.271 e. The van der Waals surface area contributed by atoms with Crippen LogP contribution in [-0.2, 0) is 19.4 Å². The number of nitrogens with two attached hydrogens (primary N) is 1. The molecular formula is C15H20Cl2N4. The Morgan fingerprint density at radius 1 is 1.29 bits per heavy atom. The number of aromatic nitrogens is 2. The standard InChI is InChI=1S/C15H20Cl2N4/c1-3-12-9-15(21(4-2)20-12)14(19-18)8-10-7-11(16)5-6-13(10)17/h5-7,9,14,19H,3-4,8,18H2,1-2H3. The molecule has 1 aromatic carbocycles. The van der Waals surface area contributed by atoms with Crippen LogP contribution in [0, 0.1) is 0 Å². The molecule has 0 saturated carbocycles. The van der Waals surface area contributed by atoms with Gasteiger partial charge in [-0.1, -0.05) is 30.1 Å². The zero-order valence-electron chi connectivity index (χ0n) is 12.2. The summed E-state index contributed by atoms with van der Waals surface area (Å²) in [5.41, 5.74) is 5.95. The molecule has 4 nitrogen and oxygen atoms in total. The van der Waals surface area contributed by atoms with Crippen LogP contribution in [0.1, 0.15) is 36.8 Å². The number of nitrogens with one attached hydrogen (secondary N) is 1. The molecule has 0 spiro atoms. The minimum Gasteiger partial charge on any atom is -0.271 e. The summed E-state index contributed by atoms with van der Waals surface area (Å²) in [6, 6.07) is 7.49. The molecule has 21 heavy (non-hydrogen) atoms. The smallest absolute Gasteiger partial charge is 0.0669 e. The Morgan fingerprint density at radius 3 is 2.67 bits per heavy atom. The average Bonchev–Trinajstić information content (AvgIpc) is 2.91. The minimum absolute atomic E-state index is 0.0614. The lowest BCUT2D eigenvalue weighted by atomic mass is 10.0. The van der Waals surface area contributed by atoms with Crippen LogP contribution < -0.4 is 11.3 Å². The van der Waals surface area contributed by atoms with E-state index in [0.29, 0.717) is 16.5 Å². The van der Waals surface area contributed by atoms with E-state index >= 15 is 0 Å². The van der Waals surface area contributed by atoms with Crippen molar-refractivity contribution in [2.75, 3.05) is 0 Å². The van der Waals surface area contributed by atoms with Crippen LogP contribution in [-0.4, -0.2) is 9.78 Å². The van der Waals surface area contributed by atoms with Crippen molar-refractivity contribution in [3.05, 3.63) is 51.3 Å². The van der Waals surface area contributed by atoms with E-state index in [-0.39, 0.29) is 6.04 Å². The fourth-order valence-electron chi connectivity index (χ4n) is 2.36. The maximum atomic E-state index is 6.24. The molecule has 0 amide bonds. The first kappa shape index (κ1) is 16.3. The van der Waals surface area contributed by atoms with Crippen molar-refractivity contribution in [1.82, 2.24) is 15.2 Å². The summed E-state index contributed by atoms with van der Waals surface area (Å²) in [5, 5.41) is 5.92. The molecule has 0 bridgehead atoms. The van der Waals surface area contributed by atoms with Crippen LogP contribution in [0.2, 0.25) is 10.0 Å². The van der Waals surface area contributed by atoms with Gasteiger partial charge in [0.2, 0.25) is 0 Å². The number of hydrogen-bond acceptors (Lipinski definition) is 3. The molecule has 114 valence electrons. The summed E-state index contributed by atoms with van der Waals surface area (Å²) >= 11 is 12.3. The topological polar surface area (TPSA) is 55.9 Å². The molecule has 0 saturated heterocycles. The Kier molecular flexibility index (Phi) is 5.65. The van der Waals surface area contributed by atoms with Crippen molar-refractivity contribution in [2.24, 2.45) is 5.84 Å². The number of rotatable bonds is 6. The first-order valence-corrected chi connectivity index (χ1v) is 7.81. The predicted molar refractivity (Wildman–Crippen MR) is 87.5 cm³/mol. The van der Waals surface area contributed by atoms with Gasteiger partial charge in [0, 0.05) is 16.6 Å². The molecule has 1 heterocycles. The van der Waals surface area contributed by atoms with Gasteiger partial charge in [-0.3, -0.25) is 16.0 Å². The SMILES string of the molecule is CCc1cc(C(Cc2cc(Cl)ccc2Cl)NN)n(CC)n1. The van der Waals surface area contributed by atoms with E-state index in [2.05, 4.69) is 30.4 Å². The maximum absolute atomic E-state index is 6.24. The molecule has 2 rings (SSSR count). The van der Waals surface area contributed by atoms with Crippen LogP contribution in [0.4, 0.5) is 0 Å². The van der Waals surface area contributed by atoms with E-state index < -0.39 is 0 Å². The lowest BCUT2D eigenvalue weighted by Gasteiger charge is -2.18. The summed E-state index contributed by atoms with van der Waals surface area (Å²) in [6.45, 7) is 4.96. The van der Waals surface area contributed by atoms with Gasteiger partial charge in [-0.2, -0.15) is 5.10 Å². The highest BCUT2D eigenvalue weighted by Crippen LogP contribution is 2.26. The predicted octanol–water partition coefficient (Wildman–Crippen LogP) is 3.52. The third-order valence-corrected chi connectivity index (χ3v) is 4.12. The third kappa shape index (κ3) is 3.77. The molecule has 0 aliphatic heterocycles. The van der Waals surface area contributed by atoms with E-state index in [9.17, 15) is 0 Å². The molecule has 6 heteroatoms. The maximum Gasteiger partial charge on any atom is 0.0669 e. The van der Waals surface area contributed by atoms with Gasteiger partial charge in [0.25, 0.3) is 0 Å². The van der Waals surface area contributed by atoms with Gasteiger partial charge >= 0.3 is 0 Å². The molecule has 0 fully saturated rings. The fraction of sp³-hybridized carbons (Fsp3) is 0.400. The summed E-state index contributed by atoms with van der Waals surface area (Å²) < 4.78 is 1.97.